The summed E-state index contributed by atoms with van der Waals surface area (Å²) in [5, 5.41) is 30.4. The summed E-state index contributed by atoms with van der Waals surface area (Å²) in [7, 11) is 0. The molecule has 0 radical (unpaired) electrons. The fourth-order valence-electron chi connectivity index (χ4n) is 3.65. The molecule has 0 saturated carbocycles. The molecule has 168 valence electrons. The summed E-state index contributed by atoms with van der Waals surface area (Å²) in [6, 6.07) is 10.6. The van der Waals surface area contributed by atoms with Crippen molar-refractivity contribution in [1.29, 1.82) is 0 Å². The Kier molecular flexibility index (Phi) is 6.58. The molecule has 3 N–H and O–H groups in total. The van der Waals surface area contributed by atoms with Gasteiger partial charge in [-0.05, 0) is 62.1 Å². The van der Waals surface area contributed by atoms with Crippen molar-refractivity contribution >= 4 is 17.5 Å². The van der Waals surface area contributed by atoms with Gasteiger partial charge in [-0.3, -0.25) is 0 Å². The third-order valence-electron chi connectivity index (χ3n) is 5.19. The van der Waals surface area contributed by atoms with E-state index in [0.717, 1.165) is 5.57 Å². The Bertz CT molecular complexity index is 1090. The number of benzene rings is 2. The second kappa shape index (κ2) is 9.18. The molecular formula is C25H26O7. The van der Waals surface area contributed by atoms with Crippen molar-refractivity contribution in [3.05, 3.63) is 76.6 Å². The number of phenolic OH excluding ortho intramolecular Hbond substituents is 2. The van der Waals surface area contributed by atoms with E-state index in [-0.39, 0.29) is 30.1 Å². The van der Waals surface area contributed by atoms with E-state index >= 15 is 0 Å². The third kappa shape index (κ3) is 4.46. The molecule has 32 heavy (non-hydrogen) atoms. The average Bonchev–Trinajstić information content (AvgIpc) is 3.00. The zero-order valence-corrected chi connectivity index (χ0v) is 18.2. The van der Waals surface area contributed by atoms with Gasteiger partial charge in [-0.25, -0.2) is 9.59 Å². The van der Waals surface area contributed by atoms with Gasteiger partial charge in [0, 0.05) is 6.42 Å². The van der Waals surface area contributed by atoms with Crippen LogP contribution < -0.4 is 0 Å². The first-order valence-corrected chi connectivity index (χ1v) is 10.3. The van der Waals surface area contributed by atoms with Crippen LogP contribution in [-0.4, -0.2) is 39.5 Å². The van der Waals surface area contributed by atoms with Gasteiger partial charge in [-0.2, -0.15) is 0 Å². The topological polar surface area (TPSA) is 113 Å². The molecule has 1 atom stereocenters. The minimum absolute atomic E-state index is 0.0109. The summed E-state index contributed by atoms with van der Waals surface area (Å²) in [6.45, 7) is 5.58. The lowest BCUT2D eigenvalue weighted by Gasteiger charge is -2.28. The van der Waals surface area contributed by atoms with Crippen LogP contribution in [0.3, 0.4) is 0 Å². The van der Waals surface area contributed by atoms with E-state index in [2.05, 4.69) is 0 Å². The number of carbonyl (C=O) groups excluding carboxylic acids is 2. The van der Waals surface area contributed by atoms with Gasteiger partial charge in [0.05, 0.1) is 12.2 Å². The molecule has 0 aromatic heterocycles. The molecule has 0 spiro atoms. The first kappa shape index (κ1) is 22.9. The summed E-state index contributed by atoms with van der Waals surface area (Å²) >= 11 is 0. The first-order valence-electron chi connectivity index (χ1n) is 10.3. The first-order chi connectivity index (χ1) is 15.2. The van der Waals surface area contributed by atoms with E-state index < -0.39 is 23.3 Å². The van der Waals surface area contributed by atoms with Crippen LogP contribution in [0.1, 0.15) is 37.5 Å². The molecule has 0 saturated heterocycles. The Balaban J connectivity index is 2.12. The second-order valence-electron chi connectivity index (χ2n) is 7.83. The zero-order valence-electron chi connectivity index (χ0n) is 18.2. The molecule has 7 heteroatoms. The minimum Gasteiger partial charge on any atom is -0.508 e. The van der Waals surface area contributed by atoms with Gasteiger partial charge in [0.1, 0.15) is 11.5 Å². The van der Waals surface area contributed by atoms with E-state index in [9.17, 15) is 24.9 Å². The summed E-state index contributed by atoms with van der Waals surface area (Å²) in [5.41, 5.74) is 0.727. The highest BCUT2D eigenvalue weighted by atomic mass is 16.6. The van der Waals surface area contributed by atoms with Crippen LogP contribution in [0.2, 0.25) is 0 Å². The minimum atomic E-state index is -1.92. The van der Waals surface area contributed by atoms with Crippen LogP contribution in [0.4, 0.5) is 0 Å². The Morgan fingerprint density at radius 3 is 2.41 bits per heavy atom. The fraction of sp³-hybridized carbons (Fsp3) is 0.280. The summed E-state index contributed by atoms with van der Waals surface area (Å²) < 4.78 is 10.7. The van der Waals surface area contributed by atoms with Crippen LogP contribution in [0.15, 0.2) is 59.9 Å². The van der Waals surface area contributed by atoms with E-state index in [4.69, 9.17) is 9.47 Å². The highest BCUT2D eigenvalue weighted by molar-refractivity contribution is 6.11. The molecule has 1 heterocycles. The number of allylic oxidation sites excluding steroid dienone is 2. The molecule has 1 unspecified atom stereocenters. The number of ether oxygens (including phenoxy) is 2. The summed E-state index contributed by atoms with van der Waals surface area (Å²) in [5.74, 6) is -2.45. The van der Waals surface area contributed by atoms with Crippen molar-refractivity contribution < 1.29 is 34.4 Å². The number of hydrogen-bond donors (Lipinski definition) is 3. The lowest BCUT2D eigenvalue weighted by Crippen LogP contribution is -2.44. The van der Waals surface area contributed by atoms with Crippen LogP contribution in [-0.2, 0) is 31.9 Å². The maximum absolute atomic E-state index is 13.1. The van der Waals surface area contributed by atoms with Crippen molar-refractivity contribution in [2.75, 3.05) is 6.61 Å². The lowest BCUT2D eigenvalue weighted by molar-refractivity contribution is -0.171. The number of aromatic hydroxyl groups is 2. The fourth-order valence-corrected chi connectivity index (χ4v) is 3.65. The summed E-state index contributed by atoms with van der Waals surface area (Å²) in [4.78, 5) is 25.5. The average molecular weight is 438 g/mol. The number of rotatable bonds is 7. The van der Waals surface area contributed by atoms with Crippen LogP contribution in [0.25, 0.3) is 5.57 Å². The molecule has 2 aromatic carbocycles. The van der Waals surface area contributed by atoms with E-state index in [0.29, 0.717) is 23.1 Å². The quantitative estimate of drug-likeness (QED) is 0.443. The van der Waals surface area contributed by atoms with Crippen molar-refractivity contribution in [2.24, 2.45) is 0 Å². The van der Waals surface area contributed by atoms with Crippen molar-refractivity contribution in [3.8, 4) is 11.5 Å². The SMILES string of the molecule is CCOC(=O)C1(Cc2ccc(O)c(CC=C(C)C)c2)OC(=O)C(O)=C1c1ccc(O)cc1. The van der Waals surface area contributed by atoms with Crippen molar-refractivity contribution in [1.82, 2.24) is 0 Å². The van der Waals surface area contributed by atoms with E-state index in [1.54, 1.807) is 19.1 Å². The summed E-state index contributed by atoms with van der Waals surface area (Å²) in [6.07, 6.45) is 2.34. The molecule has 7 nitrogen and oxygen atoms in total. The van der Waals surface area contributed by atoms with Gasteiger partial charge >= 0.3 is 11.9 Å². The van der Waals surface area contributed by atoms with Crippen molar-refractivity contribution in [3.63, 3.8) is 0 Å². The second-order valence-corrected chi connectivity index (χ2v) is 7.83. The Labute approximate surface area is 186 Å². The number of phenols is 2. The van der Waals surface area contributed by atoms with Crippen LogP contribution >= 0.6 is 0 Å². The smallest absolute Gasteiger partial charge is 0.375 e. The largest absolute Gasteiger partial charge is 0.508 e. The van der Waals surface area contributed by atoms with Crippen molar-refractivity contribution in [2.45, 2.75) is 39.2 Å². The molecule has 1 aliphatic rings. The standard InChI is InChI=1S/C25H26O7/c1-4-31-24(30)25(14-16-6-12-20(27)18(13-16)7-5-15(2)3)21(22(28)23(29)32-25)17-8-10-19(26)11-9-17/h5-6,8-13,26-28H,4,7,14H2,1-3H3. The van der Waals surface area contributed by atoms with Gasteiger partial charge in [-0.15, -0.1) is 0 Å². The number of hydrogen-bond acceptors (Lipinski definition) is 7. The highest BCUT2D eigenvalue weighted by Crippen LogP contribution is 2.43. The van der Waals surface area contributed by atoms with Gasteiger partial charge in [-0.1, -0.05) is 35.9 Å². The molecule has 3 rings (SSSR count). The molecule has 0 aliphatic carbocycles. The van der Waals surface area contributed by atoms with Crippen LogP contribution in [0, 0.1) is 0 Å². The lowest BCUT2D eigenvalue weighted by atomic mass is 9.83. The molecule has 0 fully saturated rings. The number of aliphatic hydroxyl groups excluding tert-OH is 1. The predicted octanol–water partition coefficient (Wildman–Crippen LogP) is 3.98. The molecular weight excluding hydrogens is 412 g/mol. The van der Waals surface area contributed by atoms with Gasteiger partial charge in [0.25, 0.3) is 0 Å². The molecule has 2 aromatic rings. The Morgan fingerprint density at radius 1 is 1.09 bits per heavy atom. The Hall–Kier alpha value is -3.74. The molecule has 1 aliphatic heterocycles. The zero-order chi connectivity index (χ0) is 23.5. The molecule has 0 bridgehead atoms. The number of aliphatic hydroxyl groups is 1. The predicted molar refractivity (Wildman–Crippen MR) is 118 cm³/mol. The number of esters is 2. The van der Waals surface area contributed by atoms with Gasteiger partial charge < -0.3 is 24.8 Å². The third-order valence-corrected chi connectivity index (χ3v) is 5.19. The highest BCUT2D eigenvalue weighted by Gasteiger charge is 2.55. The monoisotopic (exact) mass is 438 g/mol. The van der Waals surface area contributed by atoms with Crippen LogP contribution in [0.5, 0.6) is 11.5 Å². The molecule has 0 amide bonds. The van der Waals surface area contributed by atoms with E-state index in [1.807, 2.05) is 19.9 Å². The number of carbonyl (C=O) groups is 2. The van der Waals surface area contributed by atoms with Gasteiger partial charge in [0.2, 0.25) is 11.4 Å². The van der Waals surface area contributed by atoms with E-state index in [1.165, 1.54) is 30.3 Å². The maximum atomic E-state index is 13.1. The Morgan fingerprint density at radius 2 is 1.78 bits per heavy atom. The number of cyclic esters (lactones) is 1. The normalized spacial score (nSPS) is 17.8. The maximum Gasteiger partial charge on any atom is 0.375 e. The van der Waals surface area contributed by atoms with Gasteiger partial charge in [0.15, 0.2) is 0 Å².